The van der Waals surface area contributed by atoms with E-state index in [0.29, 0.717) is 17.4 Å². The molecule has 0 aromatic carbocycles. The first-order valence-corrected chi connectivity index (χ1v) is 29.7. The lowest BCUT2D eigenvalue weighted by Crippen LogP contribution is -2.37. The Hall–Kier alpha value is -2.55. The average Bonchev–Trinajstić information content (AvgIpc) is 3.31. The number of carbonyl (C=O) groups excluding carboxylic acids is 2. The molecule has 0 saturated carbocycles. The largest absolute Gasteiger partial charge is 0.472 e. The van der Waals surface area contributed by atoms with Crippen LogP contribution < -0.4 is 0 Å². The van der Waals surface area contributed by atoms with Gasteiger partial charge in [0, 0.05) is 12.8 Å². The van der Waals surface area contributed by atoms with Crippen molar-refractivity contribution in [2.75, 3.05) is 47.5 Å². The van der Waals surface area contributed by atoms with Crippen molar-refractivity contribution in [1.29, 1.82) is 0 Å². The highest BCUT2D eigenvalue weighted by Gasteiger charge is 2.27. The molecule has 0 aromatic rings. The number of allylic oxidation sites excluding steroid dienone is 12. The molecule has 9 nitrogen and oxygen atoms in total. The van der Waals surface area contributed by atoms with E-state index >= 15 is 0 Å². The minimum Gasteiger partial charge on any atom is -0.462 e. The average molecular weight is 989 g/mol. The molecule has 0 amide bonds. The van der Waals surface area contributed by atoms with Gasteiger partial charge in [-0.25, -0.2) is 4.57 Å². The Morgan fingerprint density at radius 2 is 0.826 bits per heavy atom. The number of nitrogens with zero attached hydrogens (tertiary/aromatic N) is 1. The van der Waals surface area contributed by atoms with Gasteiger partial charge >= 0.3 is 19.8 Å². The first-order valence-electron chi connectivity index (χ1n) is 28.2. The number of unbranched alkanes of at least 4 members (excludes halogenated alkanes) is 25. The molecule has 0 heterocycles. The molecule has 0 aliphatic heterocycles. The molecule has 69 heavy (non-hydrogen) atoms. The van der Waals surface area contributed by atoms with Gasteiger partial charge < -0.3 is 18.9 Å². The first-order chi connectivity index (χ1) is 33.5. The smallest absolute Gasteiger partial charge is 0.462 e. The van der Waals surface area contributed by atoms with E-state index in [4.69, 9.17) is 18.5 Å². The van der Waals surface area contributed by atoms with Crippen molar-refractivity contribution >= 4 is 19.8 Å². The van der Waals surface area contributed by atoms with E-state index in [1.165, 1.54) is 116 Å². The Morgan fingerprint density at radius 1 is 0.464 bits per heavy atom. The van der Waals surface area contributed by atoms with Gasteiger partial charge in [-0.1, -0.05) is 222 Å². The Labute approximate surface area is 425 Å². The number of esters is 2. The SMILES string of the molecule is CC/C=C\C/C=C\C/C=C\C/C=C\CCCCCCCCCCCCCCCCCCCCC(=O)OC(COC(=O)CCCCCCC/C=C\C/C=C\CCCC)COP(=O)(O)OCC[N+](C)(C)C. The number of ether oxygens (including phenoxy) is 2. The lowest BCUT2D eigenvalue weighted by molar-refractivity contribution is -0.870. The van der Waals surface area contributed by atoms with E-state index in [-0.39, 0.29) is 32.0 Å². The number of carbonyl (C=O) groups is 2. The summed E-state index contributed by atoms with van der Waals surface area (Å²) in [6.07, 6.45) is 65.5. The van der Waals surface area contributed by atoms with Crippen LogP contribution in [0.4, 0.5) is 0 Å². The number of hydrogen-bond acceptors (Lipinski definition) is 7. The van der Waals surface area contributed by atoms with E-state index < -0.39 is 26.5 Å². The van der Waals surface area contributed by atoms with E-state index in [1.54, 1.807) is 0 Å². The van der Waals surface area contributed by atoms with E-state index in [0.717, 1.165) is 89.9 Å². The summed E-state index contributed by atoms with van der Waals surface area (Å²) in [5.41, 5.74) is 0. The third kappa shape index (κ3) is 54.6. The summed E-state index contributed by atoms with van der Waals surface area (Å²) in [5.74, 6) is -0.810. The second-order valence-electron chi connectivity index (χ2n) is 19.9. The minimum atomic E-state index is -4.39. The van der Waals surface area contributed by atoms with Crippen LogP contribution in [0.3, 0.4) is 0 Å². The van der Waals surface area contributed by atoms with Gasteiger partial charge in [0.1, 0.15) is 19.8 Å². The van der Waals surface area contributed by atoms with Crippen LogP contribution in [0.5, 0.6) is 0 Å². The van der Waals surface area contributed by atoms with Crippen molar-refractivity contribution in [3.05, 3.63) is 72.9 Å². The van der Waals surface area contributed by atoms with E-state index in [9.17, 15) is 19.0 Å². The molecule has 0 fully saturated rings. The number of hydrogen-bond donors (Lipinski definition) is 1. The second kappa shape index (κ2) is 50.4. The summed E-state index contributed by atoms with van der Waals surface area (Å²) >= 11 is 0. The molecule has 0 rings (SSSR count). The predicted octanol–water partition coefficient (Wildman–Crippen LogP) is 17.3. The molecule has 0 spiro atoms. The molecule has 0 aliphatic carbocycles. The maximum absolute atomic E-state index is 12.8. The van der Waals surface area contributed by atoms with Crippen LogP contribution in [-0.2, 0) is 32.7 Å². The van der Waals surface area contributed by atoms with Crippen LogP contribution in [0.25, 0.3) is 0 Å². The van der Waals surface area contributed by atoms with Gasteiger partial charge in [-0.15, -0.1) is 0 Å². The van der Waals surface area contributed by atoms with Gasteiger partial charge in [0.25, 0.3) is 0 Å². The van der Waals surface area contributed by atoms with Crippen LogP contribution in [-0.4, -0.2) is 74.9 Å². The molecule has 2 atom stereocenters. The molecule has 10 heteroatoms. The fourth-order valence-corrected chi connectivity index (χ4v) is 8.35. The predicted molar refractivity (Wildman–Crippen MR) is 293 cm³/mol. The van der Waals surface area contributed by atoms with Crippen LogP contribution in [0.2, 0.25) is 0 Å². The topological polar surface area (TPSA) is 108 Å². The van der Waals surface area contributed by atoms with Crippen molar-refractivity contribution in [3.63, 3.8) is 0 Å². The maximum Gasteiger partial charge on any atom is 0.472 e. The lowest BCUT2D eigenvalue weighted by atomic mass is 10.0. The molecule has 1 N–H and O–H groups in total. The van der Waals surface area contributed by atoms with Crippen LogP contribution in [0, 0.1) is 0 Å². The Morgan fingerprint density at radius 3 is 1.23 bits per heavy atom. The van der Waals surface area contributed by atoms with Crippen molar-refractivity contribution in [2.45, 2.75) is 245 Å². The summed E-state index contributed by atoms with van der Waals surface area (Å²) in [4.78, 5) is 35.6. The van der Waals surface area contributed by atoms with Crippen molar-refractivity contribution in [1.82, 2.24) is 0 Å². The molecule has 0 bridgehead atoms. The van der Waals surface area contributed by atoms with Crippen molar-refractivity contribution in [2.24, 2.45) is 0 Å². The second-order valence-corrected chi connectivity index (χ2v) is 21.4. The van der Waals surface area contributed by atoms with Gasteiger partial charge in [-0.2, -0.15) is 0 Å². The molecule has 0 saturated heterocycles. The third-order valence-electron chi connectivity index (χ3n) is 12.0. The Bertz CT molecular complexity index is 1400. The first kappa shape index (κ1) is 66.5. The fourth-order valence-electron chi connectivity index (χ4n) is 7.61. The number of likely N-dealkylation sites (N-methyl/N-ethyl adjacent to an activating group) is 1. The number of phosphoric ester groups is 1. The summed E-state index contributed by atoms with van der Waals surface area (Å²) < 4.78 is 34.5. The van der Waals surface area contributed by atoms with Gasteiger partial charge in [0.2, 0.25) is 0 Å². The summed E-state index contributed by atoms with van der Waals surface area (Å²) in [5, 5.41) is 0. The number of quaternary nitrogens is 1. The maximum atomic E-state index is 12.8. The lowest BCUT2D eigenvalue weighted by Gasteiger charge is -2.24. The Kier molecular flexibility index (Phi) is 48.5. The van der Waals surface area contributed by atoms with E-state index in [1.807, 2.05) is 21.1 Å². The number of rotatable bonds is 51. The zero-order chi connectivity index (χ0) is 50.6. The molecular weight excluding hydrogens is 882 g/mol. The summed E-state index contributed by atoms with van der Waals surface area (Å²) in [6.45, 7) is 4.27. The minimum absolute atomic E-state index is 0.0281. The molecule has 400 valence electrons. The molecule has 0 radical (unpaired) electrons. The highest BCUT2D eigenvalue weighted by Crippen LogP contribution is 2.43. The van der Waals surface area contributed by atoms with Crippen LogP contribution in [0.15, 0.2) is 72.9 Å². The van der Waals surface area contributed by atoms with Gasteiger partial charge in [-0.05, 0) is 77.0 Å². The third-order valence-corrected chi connectivity index (χ3v) is 13.0. The molecule has 0 aromatic heterocycles. The standard InChI is InChI=1S/C59H106NO8P/c1-6-8-10-12-14-16-18-20-22-23-24-25-26-27-28-29-30-31-32-33-34-35-36-37-38-40-42-44-46-48-50-52-59(62)68-57(56-67-69(63,64)66-54-53-60(3,4)5)55-65-58(61)51-49-47-45-43-41-39-21-19-17-15-13-11-9-7-2/h8,10,13-16,19-22,24-25,57H,6-7,9,11-12,17-18,23,26-56H2,1-5H3/p+1/b10-8-,15-13-,16-14-,21-19-,22-20-,25-24-. The zero-order valence-electron chi connectivity index (χ0n) is 45.3. The highest BCUT2D eigenvalue weighted by atomic mass is 31.2. The monoisotopic (exact) mass is 989 g/mol. The van der Waals surface area contributed by atoms with E-state index in [2.05, 4.69) is 86.8 Å². The highest BCUT2D eigenvalue weighted by molar-refractivity contribution is 7.47. The number of phosphoric acid groups is 1. The summed E-state index contributed by atoms with van der Waals surface area (Å²) in [7, 11) is 1.47. The zero-order valence-corrected chi connectivity index (χ0v) is 46.2. The van der Waals surface area contributed by atoms with Gasteiger partial charge in [0.05, 0.1) is 27.7 Å². The molecule has 0 aliphatic rings. The van der Waals surface area contributed by atoms with Crippen LogP contribution >= 0.6 is 7.82 Å². The molecule has 2 unspecified atom stereocenters. The van der Waals surface area contributed by atoms with Crippen molar-refractivity contribution < 1.29 is 42.1 Å². The van der Waals surface area contributed by atoms with Gasteiger partial charge in [0.15, 0.2) is 6.10 Å². The molecular formula is C59H107NO8P+. The quantitative estimate of drug-likeness (QED) is 0.0211. The summed E-state index contributed by atoms with van der Waals surface area (Å²) in [6, 6.07) is 0. The fraction of sp³-hybridized carbons (Fsp3) is 0.763. The Balaban J connectivity index is 4.07. The van der Waals surface area contributed by atoms with Crippen molar-refractivity contribution in [3.8, 4) is 0 Å². The van der Waals surface area contributed by atoms with Crippen LogP contribution in [0.1, 0.15) is 239 Å². The normalized spacial score (nSPS) is 13.9. The van der Waals surface area contributed by atoms with Gasteiger partial charge in [-0.3, -0.25) is 18.6 Å².